The monoisotopic (exact) mass is 360 g/mol. The van der Waals surface area contributed by atoms with E-state index < -0.39 is 0 Å². The van der Waals surface area contributed by atoms with Gasteiger partial charge in [-0.1, -0.05) is 27.2 Å². The zero-order chi connectivity index (χ0) is 18.5. The van der Waals surface area contributed by atoms with Crippen molar-refractivity contribution in [3.8, 4) is 0 Å². The van der Waals surface area contributed by atoms with Crippen molar-refractivity contribution >= 4 is 6.29 Å². The van der Waals surface area contributed by atoms with Crippen molar-refractivity contribution in [1.82, 2.24) is 0 Å². The molecule has 4 aliphatic rings. The van der Waals surface area contributed by atoms with Crippen molar-refractivity contribution < 1.29 is 9.90 Å². The molecule has 0 radical (unpaired) electrons. The van der Waals surface area contributed by atoms with Crippen LogP contribution in [0.2, 0.25) is 0 Å². The number of aldehydes is 1. The second-order valence-electron chi connectivity index (χ2n) is 10.9. The highest BCUT2D eigenvalue weighted by molar-refractivity contribution is 5.49. The van der Waals surface area contributed by atoms with Crippen LogP contribution in [-0.2, 0) is 4.79 Å². The lowest BCUT2D eigenvalue weighted by atomic mass is 9.44. The number of carbonyl (C=O) groups excluding carboxylic acids is 1. The Balaban J connectivity index is 1.56. The zero-order valence-corrected chi connectivity index (χ0v) is 17.3. The number of rotatable bonds is 4. The molecule has 0 amide bonds. The molecule has 0 aliphatic heterocycles. The van der Waals surface area contributed by atoms with Gasteiger partial charge < -0.3 is 9.90 Å². The standard InChI is InChI=1S/C24H40O2/c1-16(6-5-15-25)19-11-12-20-18-10-9-17-7-4-8-22(26)24(17,3)21(18)13-14-23(19,20)2/h15-22,26H,4-14H2,1-3H3/t16-,17+,18+,19-,20+,21+,22?,23-,24+/m1/s1. The van der Waals surface area contributed by atoms with Crippen LogP contribution in [0.1, 0.15) is 91.4 Å². The van der Waals surface area contributed by atoms with Crippen LogP contribution >= 0.6 is 0 Å². The summed E-state index contributed by atoms with van der Waals surface area (Å²) in [6.07, 6.45) is 14.7. The van der Waals surface area contributed by atoms with E-state index in [0.717, 1.165) is 55.1 Å². The number of hydrogen-bond donors (Lipinski definition) is 1. The first-order valence-electron chi connectivity index (χ1n) is 11.5. The number of fused-ring (bicyclic) bond motifs is 5. The lowest BCUT2D eigenvalue weighted by molar-refractivity contribution is -0.164. The fourth-order valence-corrected chi connectivity index (χ4v) is 8.82. The Hall–Kier alpha value is -0.370. The van der Waals surface area contributed by atoms with Gasteiger partial charge in [-0.3, -0.25) is 0 Å². The van der Waals surface area contributed by atoms with Gasteiger partial charge in [0.15, 0.2) is 0 Å². The van der Waals surface area contributed by atoms with Crippen LogP contribution in [0.15, 0.2) is 0 Å². The summed E-state index contributed by atoms with van der Waals surface area (Å²) in [7, 11) is 0. The van der Waals surface area contributed by atoms with Crippen LogP contribution < -0.4 is 0 Å². The maximum atomic E-state index is 11.0. The van der Waals surface area contributed by atoms with Crippen molar-refractivity contribution in [1.29, 1.82) is 0 Å². The largest absolute Gasteiger partial charge is 0.393 e. The zero-order valence-electron chi connectivity index (χ0n) is 17.3. The Labute approximate surface area is 160 Å². The highest BCUT2D eigenvalue weighted by atomic mass is 16.3. The average Bonchev–Trinajstić information content (AvgIpc) is 2.98. The fraction of sp³-hybridized carbons (Fsp3) is 0.958. The van der Waals surface area contributed by atoms with Gasteiger partial charge in [0, 0.05) is 6.42 Å². The number of hydrogen-bond acceptors (Lipinski definition) is 2. The Kier molecular flexibility index (Phi) is 5.04. The smallest absolute Gasteiger partial charge is 0.120 e. The van der Waals surface area contributed by atoms with Crippen molar-refractivity contribution in [2.75, 3.05) is 0 Å². The predicted octanol–water partition coefficient (Wildman–Crippen LogP) is 5.62. The Morgan fingerprint density at radius 1 is 1.04 bits per heavy atom. The number of aliphatic hydroxyl groups excluding tert-OH is 1. The predicted molar refractivity (Wildman–Crippen MR) is 106 cm³/mol. The quantitative estimate of drug-likeness (QED) is 0.661. The molecule has 148 valence electrons. The molecule has 9 atom stereocenters. The van der Waals surface area contributed by atoms with Gasteiger partial charge >= 0.3 is 0 Å². The lowest BCUT2D eigenvalue weighted by Crippen LogP contribution is -2.57. The fourth-order valence-electron chi connectivity index (χ4n) is 8.82. The summed E-state index contributed by atoms with van der Waals surface area (Å²) >= 11 is 0. The Morgan fingerprint density at radius 2 is 1.85 bits per heavy atom. The van der Waals surface area contributed by atoms with E-state index in [1.165, 1.54) is 51.4 Å². The lowest BCUT2D eigenvalue weighted by Gasteiger charge is -2.62. The molecule has 4 rings (SSSR count). The molecule has 0 aromatic carbocycles. The minimum absolute atomic E-state index is 0.0675. The van der Waals surface area contributed by atoms with Crippen molar-refractivity contribution in [2.45, 2.75) is 97.5 Å². The van der Waals surface area contributed by atoms with Crippen molar-refractivity contribution in [2.24, 2.45) is 46.3 Å². The third kappa shape index (κ3) is 2.65. The van der Waals surface area contributed by atoms with Crippen LogP contribution in [0.25, 0.3) is 0 Å². The van der Waals surface area contributed by atoms with Gasteiger partial charge in [0.25, 0.3) is 0 Å². The molecule has 4 saturated carbocycles. The van der Waals surface area contributed by atoms with Crippen LogP contribution in [0.3, 0.4) is 0 Å². The molecule has 0 heterocycles. The second kappa shape index (κ2) is 6.90. The molecule has 0 aromatic heterocycles. The summed E-state index contributed by atoms with van der Waals surface area (Å²) in [5, 5.41) is 11.0. The Bertz CT molecular complexity index is 530. The molecule has 0 spiro atoms. The van der Waals surface area contributed by atoms with E-state index in [9.17, 15) is 9.90 Å². The highest BCUT2D eigenvalue weighted by Gasteiger charge is 2.61. The van der Waals surface area contributed by atoms with E-state index in [1.807, 2.05) is 0 Å². The molecule has 1 N–H and O–H groups in total. The summed E-state index contributed by atoms with van der Waals surface area (Å²) in [5.41, 5.74) is 0.663. The molecule has 1 unspecified atom stereocenters. The molecular weight excluding hydrogens is 320 g/mol. The van der Waals surface area contributed by atoms with Gasteiger partial charge in [-0.15, -0.1) is 0 Å². The molecule has 2 nitrogen and oxygen atoms in total. The first kappa shape index (κ1) is 19.0. The normalized spacial score (nSPS) is 51.8. The van der Waals surface area contributed by atoms with Gasteiger partial charge in [0.1, 0.15) is 6.29 Å². The summed E-state index contributed by atoms with van der Waals surface area (Å²) in [4.78, 5) is 10.9. The van der Waals surface area contributed by atoms with Gasteiger partial charge in [-0.2, -0.15) is 0 Å². The van der Waals surface area contributed by atoms with Gasteiger partial charge in [-0.05, 0) is 104 Å². The van der Waals surface area contributed by atoms with E-state index in [-0.39, 0.29) is 11.5 Å². The van der Waals surface area contributed by atoms with Crippen molar-refractivity contribution in [3.05, 3.63) is 0 Å². The average molecular weight is 361 g/mol. The van der Waals surface area contributed by atoms with Gasteiger partial charge in [0.05, 0.1) is 6.10 Å². The first-order valence-corrected chi connectivity index (χ1v) is 11.5. The molecule has 2 heteroatoms. The van der Waals surface area contributed by atoms with E-state index in [2.05, 4.69) is 20.8 Å². The van der Waals surface area contributed by atoms with Crippen LogP contribution in [0.5, 0.6) is 0 Å². The summed E-state index contributed by atoms with van der Waals surface area (Å²) in [5.74, 6) is 4.69. The molecule has 4 fully saturated rings. The maximum Gasteiger partial charge on any atom is 0.120 e. The second-order valence-corrected chi connectivity index (χ2v) is 10.9. The highest BCUT2D eigenvalue weighted by Crippen LogP contribution is 2.68. The molecular formula is C24H40O2. The van der Waals surface area contributed by atoms with E-state index in [0.29, 0.717) is 11.3 Å². The molecule has 0 saturated heterocycles. The van der Waals surface area contributed by atoms with Gasteiger partial charge in [-0.25, -0.2) is 0 Å². The van der Waals surface area contributed by atoms with Crippen LogP contribution in [0, 0.1) is 46.3 Å². The van der Waals surface area contributed by atoms with E-state index in [1.54, 1.807) is 0 Å². The number of aliphatic hydroxyl groups is 1. The van der Waals surface area contributed by atoms with Crippen LogP contribution in [-0.4, -0.2) is 17.5 Å². The third-order valence-electron chi connectivity index (χ3n) is 10.2. The summed E-state index contributed by atoms with van der Waals surface area (Å²) in [6, 6.07) is 0. The van der Waals surface area contributed by atoms with Crippen molar-refractivity contribution in [3.63, 3.8) is 0 Å². The summed E-state index contributed by atoms with van der Waals surface area (Å²) < 4.78 is 0. The molecule has 26 heavy (non-hydrogen) atoms. The topological polar surface area (TPSA) is 37.3 Å². The molecule has 0 aromatic rings. The maximum absolute atomic E-state index is 11.0. The molecule has 0 bridgehead atoms. The Morgan fingerprint density at radius 3 is 2.62 bits per heavy atom. The number of carbonyl (C=O) groups is 1. The third-order valence-corrected chi connectivity index (χ3v) is 10.2. The van der Waals surface area contributed by atoms with Gasteiger partial charge in [0.2, 0.25) is 0 Å². The van der Waals surface area contributed by atoms with E-state index >= 15 is 0 Å². The van der Waals surface area contributed by atoms with E-state index in [4.69, 9.17) is 0 Å². The minimum atomic E-state index is -0.0675. The SMILES string of the molecule is C[C@H](CCC=O)[C@H]1CC[C@H]2[C@@H]3CC[C@@H]4CCCC(O)[C@]4(C)[C@H]3CC[C@]12C. The molecule has 4 aliphatic carbocycles. The minimum Gasteiger partial charge on any atom is -0.393 e. The summed E-state index contributed by atoms with van der Waals surface area (Å²) in [6.45, 7) is 7.45. The van der Waals surface area contributed by atoms with Crippen LogP contribution in [0.4, 0.5) is 0 Å². The first-order chi connectivity index (χ1) is 12.4.